The van der Waals surface area contributed by atoms with Gasteiger partial charge in [-0.05, 0) is 18.6 Å². The molecular formula is C15H20FN3. The Morgan fingerprint density at radius 1 is 1.42 bits per heavy atom. The fraction of sp³-hybridized carbons (Fsp3) is 0.400. The molecule has 0 spiro atoms. The van der Waals surface area contributed by atoms with Crippen LogP contribution < -0.4 is 5.73 Å². The van der Waals surface area contributed by atoms with E-state index in [1.54, 1.807) is 18.6 Å². The lowest BCUT2D eigenvalue weighted by molar-refractivity contribution is 0.461. The number of aromatic nitrogens is 2. The maximum Gasteiger partial charge on any atom is 0.123 e. The van der Waals surface area contributed by atoms with E-state index >= 15 is 0 Å². The highest BCUT2D eigenvalue weighted by molar-refractivity contribution is 5.59. The van der Waals surface area contributed by atoms with Gasteiger partial charge in [0.25, 0.3) is 0 Å². The summed E-state index contributed by atoms with van der Waals surface area (Å²) < 4.78 is 15.4. The zero-order valence-electron chi connectivity index (χ0n) is 11.2. The van der Waals surface area contributed by atoms with Crippen molar-refractivity contribution in [1.29, 1.82) is 0 Å². The molecule has 102 valence electrons. The summed E-state index contributed by atoms with van der Waals surface area (Å²) in [6.45, 7) is 2.73. The number of nitrogens with zero attached hydrogens (tertiary/aromatic N) is 2. The van der Waals surface area contributed by atoms with E-state index in [0.29, 0.717) is 6.54 Å². The van der Waals surface area contributed by atoms with E-state index in [4.69, 9.17) is 5.73 Å². The van der Waals surface area contributed by atoms with Gasteiger partial charge >= 0.3 is 0 Å². The molecule has 19 heavy (non-hydrogen) atoms. The van der Waals surface area contributed by atoms with Crippen molar-refractivity contribution in [3.63, 3.8) is 0 Å². The number of halogens is 1. The van der Waals surface area contributed by atoms with Crippen LogP contribution in [0, 0.1) is 5.82 Å². The van der Waals surface area contributed by atoms with Crippen LogP contribution in [0.1, 0.15) is 32.2 Å². The quantitative estimate of drug-likeness (QED) is 0.866. The van der Waals surface area contributed by atoms with Gasteiger partial charge in [0, 0.05) is 18.2 Å². The number of hydrogen-bond acceptors (Lipinski definition) is 2. The van der Waals surface area contributed by atoms with E-state index in [2.05, 4.69) is 16.5 Å². The number of benzene rings is 1. The van der Waals surface area contributed by atoms with Gasteiger partial charge in [-0.3, -0.25) is 0 Å². The van der Waals surface area contributed by atoms with Crippen molar-refractivity contribution in [3.05, 3.63) is 42.6 Å². The zero-order chi connectivity index (χ0) is 13.7. The molecule has 1 heterocycles. The molecule has 0 saturated heterocycles. The molecule has 1 aromatic carbocycles. The van der Waals surface area contributed by atoms with Crippen LogP contribution in [-0.4, -0.2) is 16.1 Å². The summed E-state index contributed by atoms with van der Waals surface area (Å²) in [7, 11) is 0. The first-order valence-electron chi connectivity index (χ1n) is 6.74. The predicted octanol–water partition coefficient (Wildman–Crippen LogP) is 3.38. The largest absolute Gasteiger partial charge is 0.328 e. The second-order valence-electron chi connectivity index (χ2n) is 4.73. The van der Waals surface area contributed by atoms with Gasteiger partial charge in [0.05, 0.1) is 18.2 Å². The number of hydrogen-bond donors (Lipinski definition) is 1. The Morgan fingerprint density at radius 3 is 2.95 bits per heavy atom. The van der Waals surface area contributed by atoms with Gasteiger partial charge in [-0.1, -0.05) is 31.9 Å². The molecule has 0 fully saturated rings. The summed E-state index contributed by atoms with van der Waals surface area (Å²) in [6, 6.07) is 6.80. The summed E-state index contributed by atoms with van der Waals surface area (Å²) in [5.74, 6) is -0.233. The van der Waals surface area contributed by atoms with Crippen molar-refractivity contribution in [1.82, 2.24) is 9.55 Å². The molecule has 2 rings (SSSR count). The molecule has 2 aromatic rings. The number of nitrogens with two attached hydrogens (primary N) is 1. The molecule has 0 aliphatic heterocycles. The predicted molar refractivity (Wildman–Crippen MR) is 75.2 cm³/mol. The summed E-state index contributed by atoms with van der Waals surface area (Å²) in [6.07, 6.45) is 6.84. The highest BCUT2D eigenvalue weighted by Gasteiger charge is 2.13. The van der Waals surface area contributed by atoms with Crippen LogP contribution in [0.4, 0.5) is 4.39 Å². The van der Waals surface area contributed by atoms with Crippen molar-refractivity contribution < 1.29 is 4.39 Å². The van der Waals surface area contributed by atoms with E-state index in [1.807, 2.05) is 6.07 Å². The molecular weight excluding hydrogens is 241 g/mol. The van der Waals surface area contributed by atoms with Crippen LogP contribution >= 0.6 is 0 Å². The third-order valence-corrected chi connectivity index (χ3v) is 3.34. The van der Waals surface area contributed by atoms with E-state index in [-0.39, 0.29) is 11.9 Å². The van der Waals surface area contributed by atoms with Gasteiger partial charge in [-0.2, -0.15) is 0 Å². The Hall–Kier alpha value is -1.68. The standard InChI is InChI=1S/C15H20FN3/c1-2-3-7-14(9-17)19-11-18-10-15(19)12-5-4-6-13(16)8-12/h4-6,8,10-11,14H,2-3,7,9,17H2,1H3. The fourth-order valence-electron chi connectivity index (χ4n) is 2.28. The fourth-order valence-corrected chi connectivity index (χ4v) is 2.28. The Balaban J connectivity index is 2.30. The van der Waals surface area contributed by atoms with Gasteiger partial charge < -0.3 is 10.3 Å². The second-order valence-corrected chi connectivity index (χ2v) is 4.73. The highest BCUT2D eigenvalue weighted by Crippen LogP contribution is 2.25. The minimum atomic E-state index is -0.233. The zero-order valence-corrected chi connectivity index (χ0v) is 11.2. The number of rotatable bonds is 6. The topological polar surface area (TPSA) is 43.8 Å². The molecule has 0 saturated carbocycles. The van der Waals surface area contributed by atoms with E-state index < -0.39 is 0 Å². The van der Waals surface area contributed by atoms with Crippen molar-refractivity contribution >= 4 is 0 Å². The van der Waals surface area contributed by atoms with Crippen molar-refractivity contribution in [2.45, 2.75) is 32.2 Å². The molecule has 2 N–H and O–H groups in total. The Morgan fingerprint density at radius 2 is 2.26 bits per heavy atom. The molecule has 0 aliphatic carbocycles. The average molecular weight is 261 g/mol. The normalized spacial score (nSPS) is 12.6. The molecule has 1 atom stereocenters. The van der Waals surface area contributed by atoms with Crippen LogP contribution in [0.15, 0.2) is 36.8 Å². The van der Waals surface area contributed by atoms with Gasteiger partial charge in [0.1, 0.15) is 5.82 Å². The first kappa shape index (κ1) is 13.7. The van der Waals surface area contributed by atoms with Gasteiger partial charge in [-0.15, -0.1) is 0 Å². The molecule has 0 amide bonds. The third kappa shape index (κ3) is 3.20. The molecule has 0 aliphatic rings. The van der Waals surface area contributed by atoms with Crippen molar-refractivity contribution in [3.8, 4) is 11.3 Å². The van der Waals surface area contributed by atoms with Gasteiger partial charge in [-0.25, -0.2) is 9.37 Å². The lowest BCUT2D eigenvalue weighted by atomic mass is 10.1. The van der Waals surface area contributed by atoms with E-state index in [9.17, 15) is 4.39 Å². The monoisotopic (exact) mass is 261 g/mol. The SMILES string of the molecule is CCCCC(CN)n1cncc1-c1cccc(F)c1. The van der Waals surface area contributed by atoms with Crippen molar-refractivity contribution in [2.24, 2.45) is 5.73 Å². The molecule has 4 heteroatoms. The van der Waals surface area contributed by atoms with E-state index in [0.717, 1.165) is 30.5 Å². The molecule has 0 radical (unpaired) electrons. The minimum absolute atomic E-state index is 0.223. The average Bonchev–Trinajstić information content (AvgIpc) is 2.89. The molecule has 1 unspecified atom stereocenters. The number of unbranched alkanes of at least 4 members (excludes halogenated alkanes) is 1. The Kier molecular flexibility index (Phi) is 4.68. The third-order valence-electron chi connectivity index (χ3n) is 3.34. The van der Waals surface area contributed by atoms with Gasteiger partial charge in [0.2, 0.25) is 0 Å². The summed E-state index contributed by atoms with van der Waals surface area (Å²) >= 11 is 0. The summed E-state index contributed by atoms with van der Waals surface area (Å²) in [4.78, 5) is 4.19. The van der Waals surface area contributed by atoms with Crippen LogP contribution in [0.25, 0.3) is 11.3 Å². The smallest absolute Gasteiger partial charge is 0.123 e. The molecule has 1 aromatic heterocycles. The highest BCUT2D eigenvalue weighted by atomic mass is 19.1. The van der Waals surface area contributed by atoms with E-state index in [1.165, 1.54) is 12.1 Å². The van der Waals surface area contributed by atoms with Gasteiger partial charge in [0.15, 0.2) is 0 Å². The molecule has 3 nitrogen and oxygen atoms in total. The molecule has 0 bridgehead atoms. The summed E-state index contributed by atoms with van der Waals surface area (Å²) in [5.41, 5.74) is 7.62. The minimum Gasteiger partial charge on any atom is -0.328 e. The maximum absolute atomic E-state index is 13.3. The Labute approximate surface area is 113 Å². The number of imidazole rings is 1. The van der Waals surface area contributed by atoms with Crippen LogP contribution in [-0.2, 0) is 0 Å². The second kappa shape index (κ2) is 6.48. The van der Waals surface area contributed by atoms with Crippen molar-refractivity contribution in [2.75, 3.05) is 6.54 Å². The van der Waals surface area contributed by atoms with Crippen LogP contribution in [0.2, 0.25) is 0 Å². The van der Waals surface area contributed by atoms with Crippen LogP contribution in [0.5, 0.6) is 0 Å². The maximum atomic E-state index is 13.3. The van der Waals surface area contributed by atoms with Crippen LogP contribution in [0.3, 0.4) is 0 Å². The summed E-state index contributed by atoms with van der Waals surface area (Å²) in [5, 5.41) is 0. The lowest BCUT2D eigenvalue weighted by Crippen LogP contribution is -2.19. The first-order chi connectivity index (χ1) is 9.26. The Bertz CT molecular complexity index is 522. The first-order valence-corrected chi connectivity index (χ1v) is 6.74. The lowest BCUT2D eigenvalue weighted by Gasteiger charge is -2.19.